The van der Waals surface area contributed by atoms with E-state index in [1.165, 1.54) is 17.8 Å². The fourth-order valence-corrected chi connectivity index (χ4v) is 2.98. The molecule has 0 aliphatic heterocycles. The van der Waals surface area contributed by atoms with Gasteiger partial charge >= 0.3 is 6.18 Å². The van der Waals surface area contributed by atoms with E-state index in [4.69, 9.17) is 5.11 Å². The number of hydrogen-bond acceptors (Lipinski definition) is 2. The van der Waals surface area contributed by atoms with Crippen molar-refractivity contribution in [3.63, 3.8) is 0 Å². The lowest BCUT2D eigenvalue weighted by Gasteiger charge is -2.13. The summed E-state index contributed by atoms with van der Waals surface area (Å²) in [6.07, 6.45) is -4.46. The zero-order valence-corrected chi connectivity index (χ0v) is 12.5. The van der Waals surface area contributed by atoms with Gasteiger partial charge in [-0.15, -0.1) is 0 Å². The maximum Gasteiger partial charge on any atom is 0.416 e. The first-order valence-electron chi connectivity index (χ1n) is 6.37. The molecule has 0 bridgehead atoms. The monoisotopic (exact) mass is 312 g/mol. The molecule has 0 aliphatic rings. The quantitative estimate of drug-likeness (QED) is 0.864. The Morgan fingerprint density at radius 3 is 2.33 bits per heavy atom. The minimum atomic E-state index is -4.46. The molecule has 1 nitrogen and oxygen atoms in total. The lowest BCUT2D eigenvalue weighted by atomic mass is 10.1. The van der Waals surface area contributed by atoms with Crippen LogP contribution in [0, 0.1) is 13.8 Å². The van der Waals surface area contributed by atoms with Crippen molar-refractivity contribution in [3.8, 4) is 0 Å². The molecule has 0 atom stereocenters. The summed E-state index contributed by atoms with van der Waals surface area (Å²) in [6, 6.07) is 9.86. The van der Waals surface area contributed by atoms with Crippen LogP contribution in [0.25, 0.3) is 0 Å². The second-order valence-electron chi connectivity index (χ2n) is 4.85. The molecular formula is C16H15F3OS. The number of alkyl halides is 3. The maximum atomic E-state index is 13.0. The summed E-state index contributed by atoms with van der Waals surface area (Å²) in [4.78, 5) is 1.43. The first kappa shape index (κ1) is 15.9. The summed E-state index contributed by atoms with van der Waals surface area (Å²) in [6.45, 7) is 3.28. The van der Waals surface area contributed by atoms with Gasteiger partial charge in [-0.05, 0) is 43.2 Å². The summed E-state index contributed by atoms with van der Waals surface area (Å²) in [5.41, 5.74) is 1.26. The van der Waals surface area contributed by atoms with E-state index in [1.807, 2.05) is 32.0 Å². The fourth-order valence-electron chi connectivity index (χ4n) is 2.06. The molecule has 0 radical (unpaired) electrons. The van der Waals surface area contributed by atoms with Gasteiger partial charge in [0.2, 0.25) is 0 Å². The summed E-state index contributed by atoms with van der Waals surface area (Å²) in [5, 5.41) is 9.03. The number of aliphatic hydroxyl groups is 1. The Kier molecular flexibility index (Phi) is 4.64. The van der Waals surface area contributed by atoms with Crippen LogP contribution >= 0.6 is 11.8 Å². The molecule has 112 valence electrons. The summed E-state index contributed by atoms with van der Waals surface area (Å²) in [5.74, 6) is 0. The lowest BCUT2D eigenvalue weighted by molar-refractivity contribution is -0.138. The number of halogens is 3. The van der Waals surface area contributed by atoms with Crippen LogP contribution in [-0.2, 0) is 12.8 Å². The van der Waals surface area contributed by atoms with Crippen LogP contribution in [0.1, 0.15) is 22.3 Å². The fraction of sp³-hybridized carbons (Fsp3) is 0.250. The standard InChI is InChI=1S/C16H15F3OS/c1-10-3-6-15(11(2)7-10)21-13-5-4-12(9-20)14(8-13)16(17,18)19/h3-8,20H,9H2,1-2H3. The summed E-state index contributed by atoms with van der Waals surface area (Å²) in [7, 11) is 0. The molecule has 0 saturated carbocycles. The van der Waals surface area contributed by atoms with Crippen molar-refractivity contribution in [3.05, 3.63) is 58.7 Å². The van der Waals surface area contributed by atoms with Gasteiger partial charge in [-0.3, -0.25) is 0 Å². The molecule has 0 fully saturated rings. The van der Waals surface area contributed by atoms with Gasteiger partial charge < -0.3 is 5.11 Å². The molecule has 0 unspecified atom stereocenters. The van der Waals surface area contributed by atoms with Gasteiger partial charge in [0, 0.05) is 9.79 Å². The molecule has 0 saturated heterocycles. The van der Waals surface area contributed by atoms with Crippen molar-refractivity contribution in [1.29, 1.82) is 0 Å². The highest BCUT2D eigenvalue weighted by Gasteiger charge is 2.33. The van der Waals surface area contributed by atoms with Crippen LogP contribution < -0.4 is 0 Å². The van der Waals surface area contributed by atoms with Gasteiger partial charge in [-0.2, -0.15) is 13.2 Å². The van der Waals surface area contributed by atoms with E-state index >= 15 is 0 Å². The average Bonchev–Trinajstić information content (AvgIpc) is 2.41. The Morgan fingerprint density at radius 2 is 1.76 bits per heavy atom. The minimum Gasteiger partial charge on any atom is -0.392 e. The Morgan fingerprint density at radius 1 is 1.05 bits per heavy atom. The minimum absolute atomic E-state index is 0.104. The highest BCUT2D eigenvalue weighted by molar-refractivity contribution is 7.99. The van der Waals surface area contributed by atoms with E-state index < -0.39 is 18.3 Å². The van der Waals surface area contributed by atoms with Crippen molar-refractivity contribution in [2.75, 3.05) is 0 Å². The largest absolute Gasteiger partial charge is 0.416 e. The van der Waals surface area contributed by atoms with Gasteiger partial charge in [0.1, 0.15) is 0 Å². The van der Waals surface area contributed by atoms with E-state index in [9.17, 15) is 13.2 Å². The predicted molar refractivity (Wildman–Crippen MR) is 77.4 cm³/mol. The van der Waals surface area contributed by atoms with Crippen molar-refractivity contribution in [2.24, 2.45) is 0 Å². The van der Waals surface area contributed by atoms with Crippen molar-refractivity contribution < 1.29 is 18.3 Å². The zero-order valence-electron chi connectivity index (χ0n) is 11.7. The molecule has 0 heterocycles. The first-order valence-corrected chi connectivity index (χ1v) is 7.19. The predicted octanol–water partition coefficient (Wildman–Crippen LogP) is 4.97. The Hall–Kier alpha value is -1.46. The van der Waals surface area contributed by atoms with Gasteiger partial charge in [-0.1, -0.05) is 35.5 Å². The Labute approximate surface area is 125 Å². The van der Waals surface area contributed by atoms with Crippen LogP contribution in [0.5, 0.6) is 0 Å². The smallest absolute Gasteiger partial charge is 0.392 e. The van der Waals surface area contributed by atoms with Crippen LogP contribution in [0.4, 0.5) is 13.2 Å². The first-order chi connectivity index (χ1) is 9.81. The molecule has 2 aromatic carbocycles. The number of aryl methyl sites for hydroxylation is 2. The summed E-state index contributed by atoms with van der Waals surface area (Å²) >= 11 is 1.29. The van der Waals surface area contributed by atoms with Crippen LogP contribution in [0.3, 0.4) is 0 Å². The normalized spacial score (nSPS) is 11.7. The zero-order chi connectivity index (χ0) is 15.6. The Balaban J connectivity index is 2.37. The molecule has 0 spiro atoms. The van der Waals surface area contributed by atoms with Crippen LogP contribution in [0.15, 0.2) is 46.2 Å². The molecule has 2 aromatic rings. The third kappa shape index (κ3) is 3.80. The van der Waals surface area contributed by atoms with Crippen molar-refractivity contribution >= 4 is 11.8 Å². The summed E-state index contributed by atoms with van der Waals surface area (Å²) < 4.78 is 38.9. The number of rotatable bonds is 3. The third-order valence-corrected chi connectivity index (χ3v) is 4.28. The van der Waals surface area contributed by atoms with Gasteiger partial charge in [-0.25, -0.2) is 0 Å². The number of hydrogen-bond donors (Lipinski definition) is 1. The van der Waals surface area contributed by atoms with E-state index in [0.29, 0.717) is 4.90 Å². The van der Waals surface area contributed by atoms with Crippen LogP contribution in [-0.4, -0.2) is 5.11 Å². The number of benzene rings is 2. The second-order valence-corrected chi connectivity index (χ2v) is 5.96. The van der Waals surface area contributed by atoms with Gasteiger partial charge in [0.15, 0.2) is 0 Å². The van der Waals surface area contributed by atoms with Crippen molar-refractivity contribution in [2.45, 2.75) is 36.4 Å². The topological polar surface area (TPSA) is 20.2 Å². The SMILES string of the molecule is Cc1ccc(Sc2ccc(CO)c(C(F)(F)F)c2)c(C)c1. The Bertz CT molecular complexity index is 650. The molecular weight excluding hydrogens is 297 g/mol. The van der Waals surface area contributed by atoms with Gasteiger partial charge in [0.05, 0.1) is 12.2 Å². The van der Waals surface area contributed by atoms with Crippen LogP contribution in [0.2, 0.25) is 0 Å². The van der Waals surface area contributed by atoms with E-state index in [1.54, 1.807) is 6.07 Å². The average molecular weight is 312 g/mol. The van der Waals surface area contributed by atoms with E-state index in [0.717, 1.165) is 22.1 Å². The lowest BCUT2D eigenvalue weighted by Crippen LogP contribution is -2.09. The van der Waals surface area contributed by atoms with E-state index in [2.05, 4.69) is 0 Å². The second kappa shape index (κ2) is 6.12. The molecule has 0 aliphatic carbocycles. The van der Waals surface area contributed by atoms with Crippen molar-refractivity contribution in [1.82, 2.24) is 0 Å². The van der Waals surface area contributed by atoms with E-state index in [-0.39, 0.29) is 5.56 Å². The molecule has 2 rings (SSSR count). The highest BCUT2D eigenvalue weighted by Crippen LogP contribution is 2.37. The highest BCUT2D eigenvalue weighted by atomic mass is 32.2. The molecule has 1 N–H and O–H groups in total. The van der Waals surface area contributed by atoms with Gasteiger partial charge in [0.25, 0.3) is 0 Å². The molecule has 0 amide bonds. The molecule has 5 heteroatoms. The maximum absolute atomic E-state index is 13.0. The molecule has 0 aromatic heterocycles. The number of aliphatic hydroxyl groups excluding tert-OH is 1. The molecule has 21 heavy (non-hydrogen) atoms. The third-order valence-electron chi connectivity index (χ3n) is 3.12.